The average Bonchev–Trinajstić information content (AvgIpc) is 3.05. The lowest BCUT2D eigenvalue weighted by atomic mass is 10.1. The van der Waals surface area contributed by atoms with Gasteiger partial charge in [-0.2, -0.15) is 9.13 Å². The molecule has 2 heterocycles. The SMILES string of the molecule is COc1cc(/C=C/c2cccc[n+]2CCCCCCN/C=C\NCCCCCCSc2cccc[n+]2C)cc(OC)c1OC. The molecule has 0 radical (unpaired) electrons. The van der Waals surface area contributed by atoms with Crippen molar-refractivity contribution in [1.29, 1.82) is 0 Å². The number of methoxy groups -OCH3 is 3. The summed E-state index contributed by atoms with van der Waals surface area (Å²) in [4.78, 5) is 0. The van der Waals surface area contributed by atoms with Gasteiger partial charge in [-0.3, -0.25) is 0 Å². The van der Waals surface area contributed by atoms with Gasteiger partial charge in [0.05, 0.1) is 21.3 Å². The molecule has 0 bridgehead atoms. The summed E-state index contributed by atoms with van der Waals surface area (Å²) < 4.78 is 20.9. The zero-order valence-electron chi connectivity index (χ0n) is 27.1. The predicted molar refractivity (Wildman–Crippen MR) is 182 cm³/mol. The highest BCUT2D eigenvalue weighted by Crippen LogP contribution is 2.38. The molecule has 0 saturated heterocycles. The van der Waals surface area contributed by atoms with Gasteiger partial charge in [0.25, 0.3) is 0 Å². The van der Waals surface area contributed by atoms with Crippen LogP contribution in [0.2, 0.25) is 0 Å². The Hall–Kier alpha value is -3.65. The maximum atomic E-state index is 5.49. The van der Waals surface area contributed by atoms with Gasteiger partial charge >= 0.3 is 0 Å². The Morgan fingerprint density at radius 1 is 0.705 bits per heavy atom. The summed E-state index contributed by atoms with van der Waals surface area (Å²) >= 11 is 1.95. The largest absolute Gasteiger partial charge is 0.493 e. The first kappa shape index (κ1) is 34.8. The molecular weight excluding hydrogens is 568 g/mol. The van der Waals surface area contributed by atoms with Gasteiger partial charge in [0.1, 0.15) is 13.6 Å². The number of nitrogens with zero attached hydrogens (tertiary/aromatic N) is 2. The molecule has 7 nitrogen and oxygen atoms in total. The predicted octanol–water partition coefficient (Wildman–Crippen LogP) is 6.56. The topological polar surface area (TPSA) is 59.5 Å². The number of unbranched alkanes of at least 4 members (excludes halogenated alkanes) is 6. The Kier molecular flexibility index (Phi) is 16.7. The van der Waals surface area contributed by atoms with E-state index in [9.17, 15) is 0 Å². The van der Waals surface area contributed by atoms with E-state index < -0.39 is 0 Å². The number of ether oxygens (including phenoxy) is 3. The number of aryl methyl sites for hydroxylation is 2. The molecule has 44 heavy (non-hydrogen) atoms. The molecular formula is C36H52N4O3S+2. The highest BCUT2D eigenvalue weighted by Gasteiger charge is 2.13. The van der Waals surface area contributed by atoms with Crippen LogP contribution in [-0.2, 0) is 13.6 Å². The molecule has 3 aromatic rings. The molecule has 0 unspecified atom stereocenters. The minimum atomic E-state index is 0.602. The van der Waals surface area contributed by atoms with E-state index in [1.54, 1.807) is 21.3 Å². The van der Waals surface area contributed by atoms with Crippen LogP contribution >= 0.6 is 11.8 Å². The molecule has 0 spiro atoms. The van der Waals surface area contributed by atoms with E-state index >= 15 is 0 Å². The Morgan fingerprint density at radius 2 is 1.34 bits per heavy atom. The third-order valence-corrected chi connectivity index (χ3v) is 8.58. The number of nitrogens with one attached hydrogen (secondary N) is 2. The summed E-state index contributed by atoms with van der Waals surface area (Å²) in [5.74, 6) is 3.10. The summed E-state index contributed by atoms with van der Waals surface area (Å²) in [6, 6.07) is 16.6. The lowest BCUT2D eigenvalue weighted by Crippen LogP contribution is -2.36. The van der Waals surface area contributed by atoms with Crippen LogP contribution in [-0.4, -0.2) is 40.2 Å². The van der Waals surface area contributed by atoms with Crippen molar-refractivity contribution in [3.63, 3.8) is 0 Å². The number of hydrogen-bond donors (Lipinski definition) is 2. The number of pyridine rings is 2. The van der Waals surface area contributed by atoms with Crippen LogP contribution in [0.3, 0.4) is 0 Å². The second-order valence-corrected chi connectivity index (χ2v) is 11.8. The molecule has 8 heteroatoms. The summed E-state index contributed by atoms with van der Waals surface area (Å²) in [6.07, 6.45) is 22.4. The van der Waals surface area contributed by atoms with E-state index in [-0.39, 0.29) is 0 Å². The van der Waals surface area contributed by atoms with E-state index in [0.717, 1.165) is 37.3 Å². The van der Waals surface area contributed by atoms with Gasteiger partial charge in [-0.25, -0.2) is 0 Å². The smallest absolute Gasteiger partial charge is 0.239 e. The zero-order valence-corrected chi connectivity index (χ0v) is 27.9. The Balaban J connectivity index is 1.22. The molecule has 0 aliphatic carbocycles. The average molecular weight is 621 g/mol. The number of benzene rings is 1. The first-order chi connectivity index (χ1) is 21.7. The maximum absolute atomic E-state index is 5.49. The summed E-state index contributed by atoms with van der Waals surface area (Å²) in [7, 11) is 7.00. The first-order valence-electron chi connectivity index (χ1n) is 15.8. The molecule has 238 valence electrons. The summed E-state index contributed by atoms with van der Waals surface area (Å²) in [5, 5.41) is 8.15. The number of hydrogen-bond acceptors (Lipinski definition) is 6. The summed E-state index contributed by atoms with van der Waals surface area (Å²) in [6.45, 7) is 3.05. The lowest BCUT2D eigenvalue weighted by Gasteiger charge is -2.12. The Labute approximate surface area is 269 Å². The second kappa shape index (κ2) is 21.1. The fraction of sp³-hybridized carbons (Fsp3) is 0.444. The Bertz CT molecular complexity index is 1270. The molecule has 1 aromatic carbocycles. The number of aromatic nitrogens is 2. The van der Waals surface area contributed by atoms with E-state index in [1.807, 2.05) is 36.3 Å². The van der Waals surface area contributed by atoms with Crippen molar-refractivity contribution in [1.82, 2.24) is 10.6 Å². The van der Waals surface area contributed by atoms with Gasteiger partial charge in [0, 0.05) is 68.0 Å². The van der Waals surface area contributed by atoms with Crippen LogP contribution in [0.25, 0.3) is 12.2 Å². The van der Waals surface area contributed by atoms with Gasteiger partial charge in [-0.1, -0.05) is 31.0 Å². The van der Waals surface area contributed by atoms with Crippen LogP contribution in [0.15, 0.2) is 78.4 Å². The number of rotatable bonds is 22. The van der Waals surface area contributed by atoms with Crippen LogP contribution in [0, 0.1) is 0 Å². The zero-order chi connectivity index (χ0) is 31.2. The monoisotopic (exact) mass is 620 g/mol. The highest BCUT2D eigenvalue weighted by atomic mass is 32.2. The third kappa shape index (κ3) is 12.5. The maximum Gasteiger partial charge on any atom is 0.239 e. The third-order valence-electron chi connectivity index (χ3n) is 7.37. The fourth-order valence-electron chi connectivity index (χ4n) is 4.89. The molecule has 0 amide bonds. The molecule has 2 aromatic heterocycles. The van der Waals surface area contributed by atoms with E-state index in [0.29, 0.717) is 17.2 Å². The van der Waals surface area contributed by atoms with E-state index in [2.05, 4.69) is 87.8 Å². The molecule has 2 N–H and O–H groups in total. The number of thioether (sulfide) groups is 1. The van der Waals surface area contributed by atoms with Crippen molar-refractivity contribution in [2.24, 2.45) is 7.05 Å². The second-order valence-electron chi connectivity index (χ2n) is 10.7. The minimum absolute atomic E-state index is 0.602. The normalized spacial score (nSPS) is 11.3. The van der Waals surface area contributed by atoms with E-state index in [4.69, 9.17) is 14.2 Å². The molecule has 0 atom stereocenters. The van der Waals surface area contributed by atoms with Crippen molar-refractivity contribution < 1.29 is 23.3 Å². The molecule has 0 fully saturated rings. The molecule has 0 saturated carbocycles. The standard InChI is InChI=1S/C36H52N4O3S/c1-39-25-14-10-18-35(39)44-28-16-8-6-12-22-38-24-23-37-21-11-5-7-13-26-40-27-15-9-17-32(40)20-19-31-29-33(41-2)36(43-4)34(30-31)42-3/h9-10,14-15,17-20,23-25,27,29-30,37-38H,5-8,11-13,16,21-22,26,28H2,1-4H3/q+2/b20-19+,24-23-. The van der Waals surface area contributed by atoms with Crippen molar-refractivity contribution >= 4 is 23.9 Å². The Morgan fingerprint density at radius 3 is 2.00 bits per heavy atom. The molecule has 3 rings (SSSR count). The highest BCUT2D eigenvalue weighted by molar-refractivity contribution is 7.99. The van der Waals surface area contributed by atoms with Gasteiger partial charge in [-0.05, 0) is 61.6 Å². The molecule has 0 aliphatic rings. The van der Waals surface area contributed by atoms with Gasteiger partial charge < -0.3 is 24.8 Å². The van der Waals surface area contributed by atoms with Crippen molar-refractivity contribution in [3.05, 3.63) is 84.6 Å². The van der Waals surface area contributed by atoms with Gasteiger partial charge in [0.15, 0.2) is 23.9 Å². The van der Waals surface area contributed by atoms with Crippen LogP contribution < -0.4 is 34.0 Å². The first-order valence-corrected chi connectivity index (χ1v) is 16.8. The lowest BCUT2D eigenvalue weighted by molar-refractivity contribution is -0.708. The van der Waals surface area contributed by atoms with Crippen LogP contribution in [0.4, 0.5) is 0 Å². The summed E-state index contributed by atoms with van der Waals surface area (Å²) in [5.41, 5.74) is 2.15. The van der Waals surface area contributed by atoms with E-state index in [1.165, 1.54) is 55.7 Å². The van der Waals surface area contributed by atoms with Crippen molar-refractivity contribution in [3.8, 4) is 17.2 Å². The van der Waals surface area contributed by atoms with Crippen molar-refractivity contribution in [2.45, 2.75) is 62.9 Å². The van der Waals surface area contributed by atoms with Gasteiger partial charge in [0.2, 0.25) is 16.5 Å². The minimum Gasteiger partial charge on any atom is -0.493 e. The quantitative estimate of drug-likeness (QED) is 0.0754. The van der Waals surface area contributed by atoms with Gasteiger partial charge in [-0.15, -0.1) is 0 Å². The van der Waals surface area contributed by atoms with Crippen LogP contribution in [0.5, 0.6) is 17.2 Å². The molecule has 0 aliphatic heterocycles. The fourth-order valence-corrected chi connectivity index (χ4v) is 5.88. The van der Waals surface area contributed by atoms with Crippen LogP contribution in [0.1, 0.15) is 62.6 Å². The van der Waals surface area contributed by atoms with Crippen molar-refractivity contribution in [2.75, 3.05) is 40.2 Å².